The minimum atomic E-state index is -0.321. The van der Waals surface area contributed by atoms with E-state index < -0.39 is 0 Å². The number of nitrogens with one attached hydrogen (secondary N) is 1. The lowest BCUT2D eigenvalue weighted by atomic mass is 9.95. The average molecular weight is 247 g/mol. The summed E-state index contributed by atoms with van der Waals surface area (Å²) >= 11 is 0. The molecule has 18 heavy (non-hydrogen) atoms. The second-order valence-electron chi connectivity index (χ2n) is 5.84. The molecular weight excluding hydrogens is 226 g/mol. The van der Waals surface area contributed by atoms with Crippen LogP contribution in [0, 0.1) is 5.41 Å². The first-order chi connectivity index (χ1) is 8.47. The summed E-state index contributed by atoms with van der Waals surface area (Å²) in [6.07, 6.45) is 2.79. The van der Waals surface area contributed by atoms with Crippen LogP contribution in [-0.2, 0) is 4.79 Å². The van der Waals surface area contributed by atoms with Gasteiger partial charge < -0.3 is 10.2 Å². The number of carbonyl (C=O) groups excluding carboxylic acids is 1. The minimum Gasteiger partial charge on any atom is -0.354 e. The lowest BCUT2D eigenvalue weighted by Gasteiger charge is -2.22. The van der Waals surface area contributed by atoms with E-state index in [1.54, 1.807) is 6.20 Å². The summed E-state index contributed by atoms with van der Waals surface area (Å²) in [6.45, 7) is 7.61. The molecule has 0 radical (unpaired) electrons. The molecule has 1 amide bonds. The molecule has 1 fully saturated rings. The number of nitrogens with zero attached hydrogens (tertiary/aromatic N) is 2. The first-order valence-electron chi connectivity index (χ1n) is 6.44. The number of hydrogen-bond acceptors (Lipinski definition) is 3. The number of amides is 1. The molecule has 0 aromatic carbocycles. The van der Waals surface area contributed by atoms with Crippen LogP contribution in [0.15, 0.2) is 24.4 Å². The van der Waals surface area contributed by atoms with Crippen molar-refractivity contribution in [3.8, 4) is 0 Å². The van der Waals surface area contributed by atoms with Gasteiger partial charge in [0.15, 0.2) is 0 Å². The summed E-state index contributed by atoms with van der Waals surface area (Å²) in [4.78, 5) is 18.5. The first kappa shape index (κ1) is 12.9. The largest absolute Gasteiger partial charge is 0.354 e. The maximum atomic E-state index is 11.9. The van der Waals surface area contributed by atoms with Crippen molar-refractivity contribution in [2.24, 2.45) is 5.41 Å². The van der Waals surface area contributed by atoms with Crippen LogP contribution in [0.25, 0.3) is 0 Å². The first-order valence-corrected chi connectivity index (χ1v) is 6.44. The van der Waals surface area contributed by atoms with Gasteiger partial charge in [-0.15, -0.1) is 0 Å². The Morgan fingerprint density at radius 1 is 1.44 bits per heavy atom. The van der Waals surface area contributed by atoms with Crippen LogP contribution >= 0.6 is 0 Å². The Balaban J connectivity index is 1.92. The van der Waals surface area contributed by atoms with E-state index in [9.17, 15) is 4.79 Å². The fraction of sp³-hybridized carbons (Fsp3) is 0.571. The summed E-state index contributed by atoms with van der Waals surface area (Å²) in [5.41, 5.74) is -0.321. The smallest absolute Gasteiger partial charge is 0.225 e. The Bertz CT molecular complexity index is 411. The van der Waals surface area contributed by atoms with Crippen LogP contribution in [0.3, 0.4) is 0 Å². The molecule has 2 rings (SSSR count). The fourth-order valence-electron chi connectivity index (χ4n) is 2.03. The van der Waals surface area contributed by atoms with E-state index in [-0.39, 0.29) is 17.4 Å². The van der Waals surface area contributed by atoms with Gasteiger partial charge >= 0.3 is 0 Å². The molecule has 1 unspecified atom stereocenters. The zero-order chi connectivity index (χ0) is 13.2. The predicted octanol–water partition coefficient (Wildman–Crippen LogP) is 1.82. The molecule has 1 N–H and O–H groups in total. The van der Waals surface area contributed by atoms with Crippen LogP contribution in [-0.4, -0.2) is 30.0 Å². The maximum absolute atomic E-state index is 11.9. The zero-order valence-electron chi connectivity index (χ0n) is 11.3. The lowest BCUT2D eigenvalue weighted by Crippen LogP contribution is -2.43. The monoisotopic (exact) mass is 247 g/mol. The summed E-state index contributed by atoms with van der Waals surface area (Å²) in [5, 5.41) is 3.11. The van der Waals surface area contributed by atoms with Gasteiger partial charge in [-0.3, -0.25) is 4.79 Å². The third-order valence-corrected chi connectivity index (χ3v) is 3.18. The summed E-state index contributed by atoms with van der Waals surface area (Å²) in [6, 6.07) is 6.15. The average Bonchev–Trinajstić information content (AvgIpc) is 2.77. The highest BCUT2D eigenvalue weighted by molar-refractivity contribution is 5.81. The molecule has 1 aliphatic heterocycles. The van der Waals surface area contributed by atoms with Crippen molar-refractivity contribution in [3.05, 3.63) is 24.4 Å². The van der Waals surface area contributed by atoms with Gasteiger partial charge in [-0.1, -0.05) is 26.8 Å². The van der Waals surface area contributed by atoms with E-state index in [0.717, 1.165) is 25.3 Å². The second-order valence-corrected chi connectivity index (χ2v) is 5.84. The summed E-state index contributed by atoms with van der Waals surface area (Å²) < 4.78 is 0. The molecule has 1 aliphatic rings. The van der Waals surface area contributed by atoms with E-state index in [4.69, 9.17) is 0 Å². The second kappa shape index (κ2) is 4.96. The van der Waals surface area contributed by atoms with Crippen LogP contribution in [0.2, 0.25) is 0 Å². The van der Waals surface area contributed by atoms with Gasteiger partial charge in [-0.05, 0) is 18.6 Å². The molecule has 4 heteroatoms. The molecule has 4 nitrogen and oxygen atoms in total. The third kappa shape index (κ3) is 3.00. The number of rotatable bonds is 2. The van der Waals surface area contributed by atoms with E-state index >= 15 is 0 Å². The van der Waals surface area contributed by atoms with E-state index in [1.807, 2.05) is 39.0 Å². The molecule has 1 atom stereocenters. The number of pyridine rings is 1. The summed E-state index contributed by atoms with van der Waals surface area (Å²) in [7, 11) is 0. The Morgan fingerprint density at radius 3 is 2.83 bits per heavy atom. The molecule has 98 valence electrons. The highest BCUT2D eigenvalue weighted by atomic mass is 16.2. The van der Waals surface area contributed by atoms with Crippen LogP contribution < -0.4 is 10.2 Å². The Labute approximate surface area is 108 Å². The number of carbonyl (C=O) groups is 1. The minimum absolute atomic E-state index is 0.121. The molecule has 0 aliphatic carbocycles. The number of hydrogen-bond donors (Lipinski definition) is 1. The Morgan fingerprint density at radius 2 is 2.22 bits per heavy atom. The van der Waals surface area contributed by atoms with E-state index in [0.29, 0.717) is 0 Å². The van der Waals surface area contributed by atoms with Gasteiger partial charge in [0.2, 0.25) is 5.91 Å². The van der Waals surface area contributed by atoms with Crippen LogP contribution in [0.5, 0.6) is 0 Å². The van der Waals surface area contributed by atoms with E-state index in [1.165, 1.54) is 0 Å². The number of anilines is 1. The fourth-order valence-corrected chi connectivity index (χ4v) is 2.03. The molecule has 0 bridgehead atoms. The van der Waals surface area contributed by atoms with Crippen molar-refractivity contribution >= 4 is 11.7 Å². The zero-order valence-corrected chi connectivity index (χ0v) is 11.3. The van der Waals surface area contributed by atoms with Crippen molar-refractivity contribution in [2.75, 3.05) is 18.0 Å². The highest BCUT2D eigenvalue weighted by Gasteiger charge is 2.28. The van der Waals surface area contributed by atoms with Gasteiger partial charge in [0.05, 0.1) is 0 Å². The van der Waals surface area contributed by atoms with Gasteiger partial charge in [0.25, 0.3) is 0 Å². The van der Waals surface area contributed by atoms with Crippen LogP contribution in [0.1, 0.15) is 27.2 Å². The quantitative estimate of drug-likeness (QED) is 0.867. The van der Waals surface area contributed by atoms with Crippen molar-refractivity contribution in [2.45, 2.75) is 33.2 Å². The molecule has 1 aromatic heterocycles. The SMILES string of the molecule is CC(C)(C)C(=O)NC1CCN(c2ccccn2)C1. The van der Waals surface area contributed by atoms with Crippen molar-refractivity contribution in [3.63, 3.8) is 0 Å². The molecular formula is C14H21N3O. The van der Waals surface area contributed by atoms with Gasteiger partial charge in [0, 0.05) is 30.7 Å². The van der Waals surface area contributed by atoms with Crippen molar-refractivity contribution in [1.29, 1.82) is 0 Å². The Kier molecular flexibility index (Phi) is 3.55. The Hall–Kier alpha value is -1.58. The van der Waals surface area contributed by atoms with Crippen LogP contribution in [0.4, 0.5) is 5.82 Å². The maximum Gasteiger partial charge on any atom is 0.225 e. The van der Waals surface area contributed by atoms with E-state index in [2.05, 4.69) is 15.2 Å². The third-order valence-electron chi connectivity index (χ3n) is 3.18. The van der Waals surface area contributed by atoms with Gasteiger partial charge in [-0.25, -0.2) is 4.98 Å². The summed E-state index contributed by atoms with van der Waals surface area (Å²) in [5.74, 6) is 1.11. The lowest BCUT2D eigenvalue weighted by molar-refractivity contribution is -0.129. The standard InChI is InChI=1S/C14H21N3O/c1-14(2,3)13(18)16-11-7-9-17(10-11)12-6-4-5-8-15-12/h4-6,8,11H,7,9-10H2,1-3H3,(H,16,18). The molecule has 1 saturated heterocycles. The van der Waals surface area contributed by atoms with Gasteiger partial charge in [0.1, 0.15) is 5.82 Å². The predicted molar refractivity (Wildman–Crippen MR) is 72.5 cm³/mol. The highest BCUT2D eigenvalue weighted by Crippen LogP contribution is 2.19. The van der Waals surface area contributed by atoms with Crippen molar-refractivity contribution < 1.29 is 4.79 Å². The molecule has 1 aromatic rings. The normalized spacial score (nSPS) is 19.9. The topological polar surface area (TPSA) is 45.2 Å². The molecule has 0 spiro atoms. The van der Waals surface area contributed by atoms with Crippen molar-refractivity contribution in [1.82, 2.24) is 10.3 Å². The molecule has 2 heterocycles. The van der Waals surface area contributed by atoms with Gasteiger partial charge in [-0.2, -0.15) is 0 Å². The number of aromatic nitrogens is 1. The molecule has 0 saturated carbocycles.